The maximum absolute atomic E-state index is 11.7. The van der Waals surface area contributed by atoms with Crippen LogP contribution in [0.25, 0.3) is 11.2 Å². The Morgan fingerprint density at radius 3 is 3.00 bits per heavy atom. The van der Waals surface area contributed by atoms with Crippen LogP contribution in [0.5, 0.6) is 0 Å². The summed E-state index contributed by atoms with van der Waals surface area (Å²) < 4.78 is 7.22. The number of aromatic amines is 1. The highest BCUT2D eigenvalue weighted by atomic mass is 16.5. The molecule has 1 unspecified atom stereocenters. The second kappa shape index (κ2) is 3.98. The van der Waals surface area contributed by atoms with Gasteiger partial charge in [0.25, 0.3) is 5.56 Å². The van der Waals surface area contributed by atoms with Gasteiger partial charge in [-0.05, 0) is 12.8 Å². The van der Waals surface area contributed by atoms with Gasteiger partial charge in [0.2, 0.25) is 11.9 Å². The van der Waals surface area contributed by atoms with Gasteiger partial charge < -0.3 is 16.2 Å². The quantitative estimate of drug-likeness (QED) is 0.657. The average Bonchev–Trinajstić information content (AvgIpc) is 2.91. The van der Waals surface area contributed by atoms with Crippen molar-refractivity contribution in [2.24, 2.45) is 0 Å². The van der Waals surface area contributed by atoms with Crippen molar-refractivity contribution in [3.63, 3.8) is 0 Å². The zero-order valence-electron chi connectivity index (χ0n) is 9.72. The van der Waals surface area contributed by atoms with Gasteiger partial charge in [0, 0.05) is 6.61 Å². The van der Waals surface area contributed by atoms with Crippen LogP contribution in [0.15, 0.2) is 4.79 Å². The fourth-order valence-electron chi connectivity index (χ4n) is 2.22. The van der Waals surface area contributed by atoms with E-state index < -0.39 is 0 Å². The number of nitrogens with one attached hydrogen (secondary N) is 1. The molecule has 0 aromatic carbocycles. The third-order valence-corrected chi connectivity index (χ3v) is 3.06. The second-order valence-electron chi connectivity index (χ2n) is 4.34. The van der Waals surface area contributed by atoms with Crippen molar-refractivity contribution in [3.8, 4) is 0 Å². The molecule has 0 bridgehead atoms. The number of imidazole rings is 1. The van der Waals surface area contributed by atoms with Crippen molar-refractivity contribution in [1.29, 1.82) is 0 Å². The number of anilines is 2. The predicted molar refractivity (Wildman–Crippen MR) is 65.9 cm³/mol. The van der Waals surface area contributed by atoms with E-state index >= 15 is 0 Å². The Kier molecular flexibility index (Phi) is 2.44. The lowest BCUT2D eigenvalue weighted by atomic mass is 10.2. The van der Waals surface area contributed by atoms with E-state index in [1.54, 1.807) is 4.57 Å². The monoisotopic (exact) mass is 250 g/mol. The van der Waals surface area contributed by atoms with Crippen molar-refractivity contribution < 1.29 is 4.74 Å². The first kappa shape index (κ1) is 11.0. The zero-order valence-corrected chi connectivity index (χ0v) is 9.72. The van der Waals surface area contributed by atoms with Crippen LogP contribution >= 0.6 is 0 Å². The number of aromatic nitrogens is 4. The molecule has 0 amide bonds. The van der Waals surface area contributed by atoms with Crippen molar-refractivity contribution in [1.82, 2.24) is 19.5 Å². The SMILES string of the molecule is Nc1nc2c(nc(N)n2CC2CCCO2)c(=O)[nH]1. The Morgan fingerprint density at radius 2 is 2.28 bits per heavy atom. The minimum absolute atomic E-state index is 0.0565. The standard InChI is InChI=1S/C10H14N6O2/c11-9-14-7-6(8(17)15-9)13-10(12)16(7)4-5-2-1-3-18-5/h5H,1-4H2,(H2,12,13)(H3,11,14,15,17). The van der Waals surface area contributed by atoms with Gasteiger partial charge in [-0.1, -0.05) is 0 Å². The summed E-state index contributed by atoms with van der Waals surface area (Å²) in [4.78, 5) is 22.2. The minimum atomic E-state index is -0.379. The number of fused-ring (bicyclic) bond motifs is 1. The number of nitrogen functional groups attached to an aromatic ring is 2. The molecule has 2 aromatic heterocycles. The largest absolute Gasteiger partial charge is 0.376 e. The molecule has 0 aliphatic carbocycles. The highest BCUT2D eigenvalue weighted by molar-refractivity contribution is 5.74. The van der Waals surface area contributed by atoms with E-state index in [0.717, 1.165) is 19.4 Å². The van der Waals surface area contributed by atoms with E-state index in [2.05, 4.69) is 15.0 Å². The second-order valence-corrected chi connectivity index (χ2v) is 4.34. The van der Waals surface area contributed by atoms with Gasteiger partial charge in [-0.3, -0.25) is 14.3 Å². The summed E-state index contributed by atoms with van der Waals surface area (Å²) in [5.74, 6) is 0.310. The molecule has 96 valence electrons. The van der Waals surface area contributed by atoms with E-state index in [1.165, 1.54) is 0 Å². The number of nitrogens with two attached hydrogens (primary N) is 2. The Bertz CT molecular complexity index is 640. The fourth-order valence-corrected chi connectivity index (χ4v) is 2.22. The predicted octanol–water partition coefficient (Wildman–Crippen LogP) is -0.537. The third-order valence-electron chi connectivity index (χ3n) is 3.06. The first-order valence-corrected chi connectivity index (χ1v) is 5.78. The van der Waals surface area contributed by atoms with Crippen molar-refractivity contribution in [3.05, 3.63) is 10.4 Å². The van der Waals surface area contributed by atoms with Crippen LogP contribution in [0.2, 0.25) is 0 Å². The lowest BCUT2D eigenvalue weighted by Gasteiger charge is -2.11. The van der Waals surface area contributed by atoms with E-state index in [9.17, 15) is 4.79 Å². The first-order chi connectivity index (χ1) is 8.65. The Morgan fingerprint density at radius 1 is 1.44 bits per heavy atom. The van der Waals surface area contributed by atoms with Crippen LogP contribution < -0.4 is 17.0 Å². The average molecular weight is 250 g/mol. The molecule has 8 nitrogen and oxygen atoms in total. The van der Waals surface area contributed by atoms with Crippen LogP contribution in [-0.4, -0.2) is 32.2 Å². The summed E-state index contributed by atoms with van der Waals surface area (Å²) in [5.41, 5.74) is 11.6. The van der Waals surface area contributed by atoms with Gasteiger partial charge in [0.15, 0.2) is 11.2 Å². The van der Waals surface area contributed by atoms with E-state index in [4.69, 9.17) is 16.2 Å². The molecule has 0 radical (unpaired) electrons. The summed E-state index contributed by atoms with van der Waals surface area (Å²) in [6, 6.07) is 0. The van der Waals surface area contributed by atoms with Crippen LogP contribution in [0.3, 0.4) is 0 Å². The smallest absolute Gasteiger partial charge is 0.280 e. The molecule has 1 saturated heterocycles. The molecule has 3 heterocycles. The Hall–Kier alpha value is -2.09. The molecule has 1 aliphatic rings. The number of H-pyrrole nitrogens is 1. The van der Waals surface area contributed by atoms with Crippen molar-refractivity contribution in [2.45, 2.75) is 25.5 Å². The minimum Gasteiger partial charge on any atom is -0.376 e. The number of ether oxygens (including phenoxy) is 1. The topological polar surface area (TPSA) is 125 Å². The maximum atomic E-state index is 11.7. The maximum Gasteiger partial charge on any atom is 0.280 e. The molecule has 2 aromatic rings. The molecule has 1 atom stereocenters. The van der Waals surface area contributed by atoms with Crippen LogP contribution in [0, 0.1) is 0 Å². The van der Waals surface area contributed by atoms with Crippen LogP contribution in [0.1, 0.15) is 12.8 Å². The Labute approximate surface area is 102 Å². The molecule has 18 heavy (non-hydrogen) atoms. The van der Waals surface area contributed by atoms with Gasteiger partial charge in [-0.15, -0.1) is 0 Å². The third kappa shape index (κ3) is 1.70. The molecular formula is C10H14N6O2. The van der Waals surface area contributed by atoms with Gasteiger partial charge in [-0.25, -0.2) is 4.98 Å². The lowest BCUT2D eigenvalue weighted by molar-refractivity contribution is 0.0982. The normalized spacial score (nSPS) is 19.7. The number of hydrogen-bond donors (Lipinski definition) is 3. The summed E-state index contributed by atoms with van der Waals surface area (Å²) in [7, 11) is 0. The molecule has 1 aliphatic heterocycles. The number of hydrogen-bond acceptors (Lipinski definition) is 6. The number of rotatable bonds is 2. The van der Waals surface area contributed by atoms with E-state index in [-0.39, 0.29) is 29.1 Å². The van der Waals surface area contributed by atoms with E-state index in [0.29, 0.717) is 12.2 Å². The van der Waals surface area contributed by atoms with Gasteiger partial charge in [0.05, 0.1) is 12.6 Å². The molecule has 5 N–H and O–H groups in total. The van der Waals surface area contributed by atoms with Gasteiger partial charge in [0.1, 0.15) is 0 Å². The molecule has 1 fully saturated rings. The fraction of sp³-hybridized carbons (Fsp3) is 0.500. The van der Waals surface area contributed by atoms with Gasteiger partial charge in [-0.2, -0.15) is 4.98 Å². The van der Waals surface area contributed by atoms with E-state index in [1.807, 2.05) is 0 Å². The summed E-state index contributed by atoms with van der Waals surface area (Å²) in [5, 5.41) is 0. The van der Waals surface area contributed by atoms with Crippen LogP contribution in [0.4, 0.5) is 11.9 Å². The summed E-state index contributed by atoms with van der Waals surface area (Å²) >= 11 is 0. The summed E-state index contributed by atoms with van der Waals surface area (Å²) in [6.45, 7) is 1.30. The Balaban J connectivity index is 2.09. The highest BCUT2D eigenvalue weighted by Crippen LogP contribution is 2.19. The molecule has 0 saturated carbocycles. The molecule has 8 heteroatoms. The number of nitrogens with zero attached hydrogens (tertiary/aromatic N) is 3. The van der Waals surface area contributed by atoms with Gasteiger partial charge >= 0.3 is 0 Å². The van der Waals surface area contributed by atoms with Crippen molar-refractivity contribution >= 4 is 23.1 Å². The van der Waals surface area contributed by atoms with Crippen molar-refractivity contribution in [2.75, 3.05) is 18.1 Å². The van der Waals surface area contributed by atoms with Crippen LogP contribution in [-0.2, 0) is 11.3 Å². The molecule has 0 spiro atoms. The highest BCUT2D eigenvalue weighted by Gasteiger charge is 2.20. The summed E-state index contributed by atoms with van der Waals surface area (Å²) in [6.07, 6.45) is 2.09. The molecule has 3 rings (SSSR count). The molecular weight excluding hydrogens is 236 g/mol. The lowest BCUT2D eigenvalue weighted by Crippen LogP contribution is -2.18. The first-order valence-electron chi connectivity index (χ1n) is 5.78. The zero-order chi connectivity index (χ0) is 12.7.